The first-order valence-electron chi connectivity index (χ1n) is 3.98. The Balaban J connectivity index is 2.88. The lowest BCUT2D eigenvalue weighted by Gasteiger charge is -2.10. The lowest BCUT2D eigenvalue weighted by Crippen LogP contribution is -2.08. The highest BCUT2D eigenvalue weighted by molar-refractivity contribution is 9.10. The molecule has 3 N–H and O–H groups in total. The molecule has 0 bridgehead atoms. The predicted octanol–water partition coefficient (Wildman–Crippen LogP) is 1.97. The van der Waals surface area contributed by atoms with E-state index in [1.807, 2.05) is 0 Å². The van der Waals surface area contributed by atoms with Crippen molar-refractivity contribution in [3.63, 3.8) is 0 Å². The molecule has 0 aliphatic rings. The van der Waals surface area contributed by atoms with Gasteiger partial charge in [0, 0.05) is 10.0 Å². The van der Waals surface area contributed by atoms with Crippen molar-refractivity contribution in [2.24, 2.45) is 5.73 Å². The lowest BCUT2D eigenvalue weighted by molar-refractivity contribution is 0.165. The number of aliphatic hydroxyl groups excluding tert-OH is 1. The minimum Gasteiger partial charge on any atom is -0.388 e. The molecule has 1 unspecified atom stereocenters. The quantitative estimate of drug-likeness (QED) is 0.858. The van der Waals surface area contributed by atoms with Crippen LogP contribution in [0.2, 0.25) is 0 Å². The summed E-state index contributed by atoms with van der Waals surface area (Å²) in [5.41, 5.74) is 5.55. The monoisotopic (exact) mass is 247 g/mol. The van der Waals surface area contributed by atoms with Crippen LogP contribution in [0.4, 0.5) is 4.39 Å². The molecule has 1 aromatic rings. The third-order valence-corrected chi connectivity index (χ3v) is 2.25. The van der Waals surface area contributed by atoms with E-state index in [0.717, 1.165) is 0 Å². The van der Waals surface area contributed by atoms with Gasteiger partial charge >= 0.3 is 0 Å². The van der Waals surface area contributed by atoms with Crippen LogP contribution < -0.4 is 5.73 Å². The van der Waals surface area contributed by atoms with Gasteiger partial charge in [-0.2, -0.15) is 0 Å². The summed E-state index contributed by atoms with van der Waals surface area (Å²) in [7, 11) is 0. The van der Waals surface area contributed by atoms with Gasteiger partial charge in [-0.15, -0.1) is 0 Å². The Bertz CT molecular complexity index is 293. The summed E-state index contributed by atoms with van der Waals surface area (Å²) in [4.78, 5) is 0. The molecule has 0 heterocycles. The largest absolute Gasteiger partial charge is 0.388 e. The Labute approximate surface area is 84.7 Å². The molecule has 0 aromatic heterocycles. The highest BCUT2D eigenvalue weighted by atomic mass is 79.9. The molecule has 4 heteroatoms. The van der Waals surface area contributed by atoms with Gasteiger partial charge in [-0.05, 0) is 25.1 Å². The Kier molecular flexibility index (Phi) is 3.84. The Morgan fingerprint density at radius 1 is 1.54 bits per heavy atom. The zero-order chi connectivity index (χ0) is 9.84. The summed E-state index contributed by atoms with van der Waals surface area (Å²) in [5.74, 6) is -0.407. The fourth-order valence-corrected chi connectivity index (χ4v) is 1.42. The highest BCUT2D eigenvalue weighted by Gasteiger charge is 2.11. The number of aliphatic hydroxyl groups is 1. The first-order valence-corrected chi connectivity index (χ1v) is 4.77. The maximum atomic E-state index is 13.2. The molecule has 0 spiro atoms. The van der Waals surface area contributed by atoms with Gasteiger partial charge in [-0.1, -0.05) is 22.0 Å². The average molecular weight is 248 g/mol. The smallest absolute Gasteiger partial charge is 0.130 e. The third-order valence-electron chi connectivity index (χ3n) is 1.76. The van der Waals surface area contributed by atoms with Gasteiger partial charge in [0.15, 0.2) is 0 Å². The molecule has 0 fully saturated rings. The van der Waals surface area contributed by atoms with Crippen LogP contribution in [0, 0.1) is 5.82 Å². The molecule has 2 nitrogen and oxygen atoms in total. The third kappa shape index (κ3) is 2.76. The second-order valence-electron chi connectivity index (χ2n) is 2.76. The minimum absolute atomic E-state index is 0.300. The van der Waals surface area contributed by atoms with Gasteiger partial charge < -0.3 is 10.8 Å². The van der Waals surface area contributed by atoms with E-state index in [-0.39, 0.29) is 0 Å². The molecule has 72 valence electrons. The molecule has 0 radical (unpaired) electrons. The topological polar surface area (TPSA) is 46.2 Å². The van der Waals surface area contributed by atoms with Gasteiger partial charge in [-0.3, -0.25) is 0 Å². The summed E-state index contributed by atoms with van der Waals surface area (Å²) in [6.07, 6.45) is -0.434. The molecule has 0 aliphatic heterocycles. The van der Waals surface area contributed by atoms with Crippen LogP contribution in [-0.2, 0) is 0 Å². The minimum atomic E-state index is -0.807. The van der Waals surface area contributed by atoms with E-state index in [1.165, 1.54) is 6.07 Å². The Hall–Kier alpha value is -0.450. The van der Waals surface area contributed by atoms with Crippen LogP contribution in [0.1, 0.15) is 18.1 Å². The number of hydrogen-bond acceptors (Lipinski definition) is 2. The summed E-state index contributed by atoms with van der Waals surface area (Å²) >= 11 is 3.14. The van der Waals surface area contributed by atoms with E-state index in [0.29, 0.717) is 23.0 Å². The average Bonchev–Trinajstić information content (AvgIpc) is 2.04. The second-order valence-corrected chi connectivity index (χ2v) is 3.67. The van der Waals surface area contributed by atoms with Crippen LogP contribution >= 0.6 is 15.9 Å². The van der Waals surface area contributed by atoms with Crippen molar-refractivity contribution in [2.45, 2.75) is 12.5 Å². The van der Waals surface area contributed by atoms with E-state index in [1.54, 1.807) is 12.1 Å². The molecular weight excluding hydrogens is 237 g/mol. The summed E-state index contributed by atoms with van der Waals surface area (Å²) in [6.45, 7) is 0.344. The zero-order valence-corrected chi connectivity index (χ0v) is 8.59. The van der Waals surface area contributed by atoms with Gasteiger partial charge in [-0.25, -0.2) is 4.39 Å². The molecule has 13 heavy (non-hydrogen) atoms. The number of nitrogens with two attached hydrogens (primary N) is 1. The summed E-state index contributed by atoms with van der Waals surface area (Å²) in [6, 6.07) is 4.58. The molecular formula is C9H11BrFNO. The normalized spacial score (nSPS) is 12.9. The first-order chi connectivity index (χ1) is 6.15. The van der Waals surface area contributed by atoms with E-state index in [9.17, 15) is 9.50 Å². The van der Waals surface area contributed by atoms with E-state index < -0.39 is 11.9 Å². The number of benzene rings is 1. The Morgan fingerprint density at radius 3 is 2.77 bits per heavy atom. The lowest BCUT2D eigenvalue weighted by atomic mass is 10.1. The molecule has 1 rings (SSSR count). The van der Waals surface area contributed by atoms with Crippen LogP contribution in [0.3, 0.4) is 0 Å². The zero-order valence-electron chi connectivity index (χ0n) is 7.00. The van der Waals surface area contributed by atoms with E-state index in [4.69, 9.17) is 5.73 Å². The summed E-state index contributed by atoms with van der Waals surface area (Å²) in [5, 5.41) is 9.46. The van der Waals surface area contributed by atoms with Crippen LogP contribution in [0.5, 0.6) is 0 Å². The molecule has 0 saturated carbocycles. The molecule has 1 aromatic carbocycles. The van der Waals surface area contributed by atoms with Crippen molar-refractivity contribution < 1.29 is 9.50 Å². The van der Waals surface area contributed by atoms with Crippen molar-refractivity contribution in [1.29, 1.82) is 0 Å². The molecule has 0 aliphatic carbocycles. The maximum Gasteiger partial charge on any atom is 0.130 e. The highest BCUT2D eigenvalue weighted by Crippen LogP contribution is 2.22. The fourth-order valence-electron chi connectivity index (χ4n) is 1.09. The van der Waals surface area contributed by atoms with Gasteiger partial charge in [0.05, 0.1) is 6.10 Å². The van der Waals surface area contributed by atoms with Gasteiger partial charge in [0.2, 0.25) is 0 Å². The number of halogens is 2. The van der Waals surface area contributed by atoms with Gasteiger partial charge in [0.25, 0.3) is 0 Å². The Morgan fingerprint density at radius 2 is 2.23 bits per heavy atom. The number of hydrogen-bond donors (Lipinski definition) is 2. The first kappa shape index (κ1) is 10.6. The summed E-state index contributed by atoms with van der Waals surface area (Å²) < 4.78 is 13.9. The van der Waals surface area contributed by atoms with Crippen molar-refractivity contribution >= 4 is 15.9 Å². The van der Waals surface area contributed by atoms with Crippen molar-refractivity contribution in [3.05, 3.63) is 34.1 Å². The van der Waals surface area contributed by atoms with E-state index in [2.05, 4.69) is 15.9 Å². The standard InChI is InChI=1S/C9H11BrFNO/c10-6-1-2-7(8(11)5-6)9(13)3-4-12/h1-2,5,9,13H,3-4,12H2. The molecule has 0 amide bonds. The van der Waals surface area contributed by atoms with Crippen molar-refractivity contribution in [3.8, 4) is 0 Å². The van der Waals surface area contributed by atoms with Gasteiger partial charge in [0.1, 0.15) is 5.82 Å². The SMILES string of the molecule is NCCC(O)c1ccc(Br)cc1F. The van der Waals surface area contributed by atoms with Crippen molar-refractivity contribution in [1.82, 2.24) is 0 Å². The molecule has 0 saturated heterocycles. The van der Waals surface area contributed by atoms with E-state index >= 15 is 0 Å². The van der Waals surface area contributed by atoms with Crippen LogP contribution in [-0.4, -0.2) is 11.7 Å². The predicted molar refractivity (Wildman–Crippen MR) is 52.7 cm³/mol. The fraction of sp³-hybridized carbons (Fsp3) is 0.333. The second kappa shape index (κ2) is 4.69. The van der Waals surface area contributed by atoms with Crippen LogP contribution in [0.15, 0.2) is 22.7 Å². The van der Waals surface area contributed by atoms with Crippen LogP contribution in [0.25, 0.3) is 0 Å². The number of rotatable bonds is 3. The molecule has 1 atom stereocenters. The maximum absolute atomic E-state index is 13.2. The van der Waals surface area contributed by atoms with Crippen molar-refractivity contribution in [2.75, 3.05) is 6.54 Å².